The molecule has 1 aromatic rings. The molecule has 1 aliphatic rings. The lowest BCUT2D eigenvalue weighted by Gasteiger charge is -2.30. The number of likely N-dealkylation sites (tertiary alicyclic amines) is 1. The van der Waals surface area contributed by atoms with Crippen LogP contribution in [0.3, 0.4) is 0 Å². The SMILES string of the molecule is COc1cccc(CC(=O)N2CCC[C@H](C(=O)O)C2)c1. The van der Waals surface area contributed by atoms with Gasteiger partial charge in [-0.25, -0.2) is 0 Å². The first kappa shape index (κ1) is 14.4. The first-order valence-electron chi connectivity index (χ1n) is 6.73. The molecular weight excluding hydrogens is 258 g/mol. The van der Waals surface area contributed by atoms with Gasteiger partial charge in [0, 0.05) is 13.1 Å². The van der Waals surface area contributed by atoms with E-state index in [4.69, 9.17) is 9.84 Å². The van der Waals surface area contributed by atoms with Gasteiger partial charge < -0.3 is 14.7 Å². The molecular formula is C15H19NO4. The highest BCUT2D eigenvalue weighted by atomic mass is 16.5. The van der Waals surface area contributed by atoms with Crippen molar-refractivity contribution in [2.75, 3.05) is 20.2 Å². The largest absolute Gasteiger partial charge is 0.497 e. The fraction of sp³-hybridized carbons (Fsp3) is 0.467. The number of carboxylic acids is 1. The summed E-state index contributed by atoms with van der Waals surface area (Å²) in [4.78, 5) is 24.9. The van der Waals surface area contributed by atoms with E-state index >= 15 is 0 Å². The predicted octanol–water partition coefficient (Wildman–Crippen LogP) is 1.56. The van der Waals surface area contributed by atoms with Crippen LogP contribution in [0.15, 0.2) is 24.3 Å². The lowest BCUT2D eigenvalue weighted by atomic mass is 9.97. The molecule has 1 heterocycles. The van der Waals surface area contributed by atoms with E-state index in [1.165, 1.54) is 0 Å². The van der Waals surface area contributed by atoms with Crippen LogP contribution in [-0.4, -0.2) is 42.1 Å². The Morgan fingerprint density at radius 3 is 2.95 bits per heavy atom. The number of rotatable bonds is 4. The van der Waals surface area contributed by atoms with E-state index in [0.717, 1.165) is 17.7 Å². The first-order chi connectivity index (χ1) is 9.60. The van der Waals surface area contributed by atoms with Crippen molar-refractivity contribution in [1.82, 2.24) is 4.90 Å². The van der Waals surface area contributed by atoms with Crippen LogP contribution >= 0.6 is 0 Å². The first-order valence-corrected chi connectivity index (χ1v) is 6.73. The van der Waals surface area contributed by atoms with E-state index in [1.54, 1.807) is 12.0 Å². The summed E-state index contributed by atoms with van der Waals surface area (Å²) >= 11 is 0. The number of piperidine rings is 1. The summed E-state index contributed by atoms with van der Waals surface area (Å²) in [7, 11) is 1.59. The molecule has 1 aliphatic heterocycles. The normalized spacial score (nSPS) is 18.6. The number of carbonyl (C=O) groups is 2. The Labute approximate surface area is 118 Å². The second kappa shape index (κ2) is 6.41. The maximum absolute atomic E-state index is 12.2. The predicted molar refractivity (Wildman–Crippen MR) is 73.6 cm³/mol. The van der Waals surface area contributed by atoms with Gasteiger partial charge in [-0.2, -0.15) is 0 Å². The minimum atomic E-state index is -0.816. The maximum atomic E-state index is 12.2. The Morgan fingerprint density at radius 1 is 1.45 bits per heavy atom. The molecule has 0 radical (unpaired) electrons. The highest BCUT2D eigenvalue weighted by Crippen LogP contribution is 2.19. The lowest BCUT2D eigenvalue weighted by Crippen LogP contribution is -2.42. The van der Waals surface area contributed by atoms with E-state index in [2.05, 4.69) is 0 Å². The number of benzene rings is 1. The van der Waals surface area contributed by atoms with Gasteiger partial charge >= 0.3 is 5.97 Å². The average molecular weight is 277 g/mol. The number of hydrogen-bond donors (Lipinski definition) is 1. The number of methoxy groups -OCH3 is 1. The fourth-order valence-electron chi connectivity index (χ4n) is 2.47. The Hall–Kier alpha value is -2.04. The van der Waals surface area contributed by atoms with Crippen LogP contribution < -0.4 is 4.74 Å². The molecule has 1 N–H and O–H groups in total. The molecule has 20 heavy (non-hydrogen) atoms. The van der Waals surface area contributed by atoms with Crippen molar-refractivity contribution in [2.45, 2.75) is 19.3 Å². The third-order valence-corrected chi connectivity index (χ3v) is 3.61. The number of nitrogens with zero attached hydrogens (tertiary/aromatic N) is 1. The van der Waals surface area contributed by atoms with Crippen LogP contribution in [0.25, 0.3) is 0 Å². The van der Waals surface area contributed by atoms with Crippen molar-refractivity contribution < 1.29 is 19.4 Å². The maximum Gasteiger partial charge on any atom is 0.308 e. The summed E-state index contributed by atoms with van der Waals surface area (Å²) in [6, 6.07) is 7.38. The highest BCUT2D eigenvalue weighted by molar-refractivity contribution is 5.80. The molecule has 5 nitrogen and oxygen atoms in total. The Morgan fingerprint density at radius 2 is 2.25 bits per heavy atom. The minimum Gasteiger partial charge on any atom is -0.497 e. The molecule has 0 bridgehead atoms. The summed E-state index contributed by atoms with van der Waals surface area (Å²) in [6.07, 6.45) is 1.68. The van der Waals surface area contributed by atoms with Gasteiger partial charge in [0.15, 0.2) is 0 Å². The number of ether oxygens (including phenoxy) is 1. The molecule has 0 aromatic heterocycles. The van der Waals surface area contributed by atoms with Crippen molar-refractivity contribution in [2.24, 2.45) is 5.92 Å². The Bertz CT molecular complexity index is 500. The van der Waals surface area contributed by atoms with Crippen LogP contribution in [0.1, 0.15) is 18.4 Å². The lowest BCUT2D eigenvalue weighted by molar-refractivity contribution is -0.145. The van der Waals surface area contributed by atoms with Gasteiger partial charge in [0.05, 0.1) is 19.4 Å². The molecule has 0 spiro atoms. The number of hydrogen-bond acceptors (Lipinski definition) is 3. The molecule has 0 saturated carbocycles. The van der Waals surface area contributed by atoms with E-state index in [1.807, 2.05) is 24.3 Å². The average Bonchev–Trinajstić information content (AvgIpc) is 2.47. The van der Waals surface area contributed by atoms with E-state index in [-0.39, 0.29) is 12.3 Å². The summed E-state index contributed by atoms with van der Waals surface area (Å²) < 4.78 is 5.13. The zero-order valence-corrected chi connectivity index (χ0v) is 11.5. The summed E-state index contributed by atoms with van der Waals surface area (Å²) in [5, 5.41) is 9.04. The molecule has 2 rings (SSSR count). The number of carboxylic acid groups (broad SMARTS) is 1. The van der Waals surface area contributed by atoms with Gasteiger partial charge in [0.25, 0.3) is 0 Å². The smallest absolute Gasteiger partial charge is 0.308 e. The topological polar surface area (TPSA) is 66.8 Å². The van der Waals surface area contributed by atoms with Gasteiger partial charge in [0.2, 0.25) is 5.91 Å². The van der Waals surface area contributed by atoms with Gasteiger partial charge in [-0.05, 0) is 30.5 Å². The molecule has 108 valence electrons. The molecule has 5 heteroatoms. The van der Waals surface area contributed by atoms with Crippen LogP contribution in [-0.2, 0) is 16.0 Å². The monoisotopic (exact) mass is 277 g/mol. The van der Waals surface area contributed by atoms with Crippen LogP contribution in [0.5, 0.6) is 5.75 Å². The summed E-state index contributed by atoms with van der Waals surface area (Å²) in [5.41, 5.74) is 0.881. The molecule has 1 atom stereocenters. The number of amides is 1. The van der Waals surface area contributed by atoms with Gasteiger partial charge in [-0.15, -0.1) is 0 Å². The van der Waals surface area contributed by atoms with Crippen LogP contribution in [0, 0.1) is 5.92 Å². The third kappa shape index (κ3) is 3.50. The van der Waals surface area contributed by atoms with Crippen molar-refractivity contribution in [3.8, 4) is 5.75 Å². The quantitative estimate of drug-likeness (QED) is 0.907. The fourth-order valence-corrected chi connectivity index (χ4v) is 2.47. The van der Waals surface area contributed by atoms with Gasteiger partial charge in [0.1, 0.15) is 5.75 Å². The highest BCUT2D eigenvalue weighted by Gasteiger charge is 2.27. The molecule has 1 amide bonds. The van der Waals surface area contributed by atoms with Crippen LogP contribution in [0.4, 0.5) is 0 Å². The number of carbonyl (C=O) groups excluding carboxylic acids is 1. The minimum absolute atomic E-state index is 0.0239. The number of aliphatic carboxylic acids is 1. The third-order valence-electron chi connectivity index (χ3n) is 3.61. The molecule has 1 fully saturated rings. The summed E-state index contributed by atoms with van der Waals surface area (Å²) in [6.45, 7) is 0.963. The van der Waals surface area contributed by atoms with Crippen molar-refractivity contribution in [3.05, 3.63) is 29.8 Å². The Balaban J connectivity index is 1.98. The molecule has 0 unspecified atom stereocenters. The van der Waals surface area contributed by atoms with E-state index in [9.17, 15) is 9.59 Å². The van der Waals surface area contributed by atoms with Crippen molar-refractivity contribution in [1.29, 1.82) is 0 Å². The van der Waals surface area contributed by atoms with E-state index in [0.29, 0.717) is 19.5 Å². The van der Waals surface area contributed by atoms with E-state index < -0.39 is 11.9 Å². The van der Waals surface area contributed by atoms with Gasteiger partial charge in [-0.1, -0.05) is 12.1 Å². The van der Waals surface area contributed by atoms with Crippen LogP contribution in [0.2, 0.25) is 0 Å². The molecule has 1 saturated heterocycles. The zero-order chi connectivity index (χ0) is 14.5. The Kier molecular flexibility index (Phi) is 4.61. The van der Waals surface area contributed by atoms with Crippen molar-refractivity contribution >= 4 is 11.9 Å². The second-order valence-electron chi connectivity index (χ2n) is 5.05. The molecule has 0 aliphatic carbocycles. The zero-order valence-electron chi connectivity index (χ0n) is 11.5. The van der Waals surface area contributed by atoms with Crippen molar-refractivity contribution in [3.63, 3.8) is 0 Å². The summed E-state index contributed by atoms with van der Waals surface area (Å²) in [5.74, 6) is -0.552. The van der Waals surface area contributed by atoms with Gasteiger partial charge in [-0.3, -0.25) is 9.59 Å². The molecule has 1 aromatic carbocycles. The standard InChI is InChI=1S/C15H19NO4/c1-20-13-6-2-4-11(8-13)9-14(17)16-7-3-5-12(10-16)15(18)19/h2,4,6,8,12H,3,5,7,9-10H2,1H3,(H,18,19)/t12-/m0/s1. The second-order valence-corrected chi connectivity index (χ2v) is 5.05.